The van der Waals surface area contributed by atoms with Crippen molar-refractivity contribution in [3.63, 3.8) is 0 Å². The predicted molar refractivity (Wildman–Crippen MR) is 84.2 cm³/mol. The maximum absolute atomic E-state index is 12.3. The number of carbonyl (C=O) groups is 1. The molecule has 0 aliphatic carbocycles. The summed E-state index contributed by atoms with van der Waals surface area (Å²) in [6, 6.07) is 5.66. The normalized spacial score (nSPS) is 18.2. The van der Waals surface area contributed by atoms with Gasteiger partial charge in [0.05, 0.1) is 5.92 Å². The second kappa shape index (κ2) is 6.08. The lowest BCUT2D eigenvalue weighted by Crippen LogP contribution is -2.24. The highest BCUT2D eigenvalue weighted by Crippen LogP contribution is 2.32. The van der Waals surface area contributed by atoms with Gasteiger partial charge in [-0.05, 0) is 31.0 Å². The Hall–Kier alpha value is -1.88. The average molecular weight is 320 g/mol. The molecule has 1 aromatic carbocycles. The summed E-state index contributed by atoms with van der Waals surface area (Å²) in [5, 5.41) is 4.63. The maximum Gasteiger partial charge on any atom is 0.232 e. The minimum Gasteiger partial charge on any atom is -0.339 e. The van der Waals surface area contributed by atoms with Gasteiger partial charge in [0, 0.05) is 30.1 Å². The average Bonchev–Trinajstić information content (AvgIpc) is 3.09. The molecule has 0 spiro atoms. The fourth-order valence-corrected chi connectivity index (χ4v) is 2.81. The van der Waals surface area contributed by atoms with Gasteiger partial charge in [0.2, 0.25) is 11.8 Å². The van der Waals surface area contributed by atoms with E-state index in [0.717, 1.165) is 24.1 Å². The summed E-state index contributed by atoms with van der Waals surface area (Å²) in [7, 11) is 0. The van der Waals surface area contributed by atoms with Gasteiger partial charge in [0.15, 0.2) is 5.82 Å². The molecule has 0 N–H and O–H groups in total. The molecule has 2 aromatic rings. The first-order valence-electron chi connectivity index (χ1n) is 7.47. The van der Waals surface area contributed by atoms with Crippen molar-refractivity contribution in [2.24, 2.45) is 0 Å². The number of aryl methyl sites for hydroxylation is 2. The van der Waals surface area contributed by atoms with E-state index < -0.39 is 0 Å². The molecule has 0 radical (unpaired) electrons. The van der Waals surface area contributed by atoms with Gasteiger partial charge in [0.25, 0.3) is 0 Å². The fraction of sp³-hybridized carbons (Fsp3) is 0.438. The molecule has 1 amide bonds. The predicted octanol–water partition coefficient (Wildman–Crippen LogP) is 3.50. The van der Waals surface area contributed by atoms with E-state index in [9.17, 15) is 4.79 Å². The molecule has 1 saturated heterocycles. The minimum atomic E-state index is -0.0503. The molecule has 1 aromatic heterocycles. The molecule has 1 aliphatic rings. The summed E-state index contributed by atoms with van der Waals surface area (Å²) in [6.45, 7) is 4.55. The lowest BCUT2D eigenvalue weighted by molar-refractivity contribution is -0.117. The highest BCUT2D eigenvalue weighted by molar-refractivity contribution is 6.31. The first-order valence-corrected chi connectivity index (χ1v) is 7.85. The number of carbonyl (C=O) groups excluding carboxylic acids is 1. The molecule has 1 unspecified atom stereocenters. The summed E-state index contributed by atoms with van der Waals surface area (Å²) < 4.78 is 5.31. The Morgan fingerprint density at radius 3 is 3.00 bits per heavy atom. The quantitative estimate of drug-likeness (QED) is 0.865. The largest absolute Gasteiger partial charge is 0.339 e. The SMILES string of the molecule is CCCc1noc(C2CC(=O)N(c3ccc(C)c(Cl)c3)C2)n1. The Morgan fingerprint density at radius 1 is 1.45 bits per heavy atom. The summed E-state index contributed by atoms with van der Waals surface area (Å²) in [4.78, 5) is 18.4. The molecule has 3 rings (SSSR count). The Morgan fingerprint density at radius 2 is 2.27 bits per heavy atom. The number of hydrogen-bond donors (Lipinski definition) is 0. The van der Waals surface area contributed by atoms with Gasteiger partial charge in [-0.2, -0.15) is 4.98 Å². The lowest BCUT2D eigenvalue weighted by atomic mass is 10.1. The van der Waals surface area contributed by atoms with Crippen LogP contribution in [0.5, 0.6) is 0 Å². The van der Waals surface area contributed by atoms with E-state index >= 15 is 0 Å². The summed E-state index contributed by atoms with van der Waals surface area (Å²) in [6.07, 6.45) is 2.15. The number of rotatable bonds is 4. The lowest BCUT2D eigenvalue weighted by Gasteiger charge is -2.17. The first kappa shape index (κ1) is 15.0. The zero-order chi connectivity index (χ0) is 15.7. The molecule has 116 valence electrons. The number of halogens is 1. The third kappa shape index (κ3) is 2.86. The van der Waals surface area contributed by atoms with Crippen LogP contribution < -0.4 is 4.90 Å². The minimum absolute atomic E-state index is 0.0503. The third-order valence-corrected chi connectivity index (χ3v) is 4.31. The van der Waals surface area contributed by atoms with Crippen LogP contribution in [0.3, 0.4) is 0 Å². The smallest absolute Gasteiger partial charge is 0.232 e. The highest BCUT2D eigenvalue weighted by atomic mass is 35.5. The number of hydrogen-bond acceptors (Lipinski definition) is 4. The number of benzene rings is 1. The zero-order valence-corrected chi connectivity index (χ0v) is 13.4. The van der Waals surface area contributed by atoms with Gasteiger partial charge in [-0.25, -0.2) is 0 Å². The van der Waals surface area contributed by atoms with Crippen molar-refractivity contribution >= 4 is 23.2 Å². The Kier molecular flexibility index (Phi) is 4.16. The van der Waals surface area contributed by atoms with Crippen molar-refractivity contribution in [3.05, 3.63) is 40.5 Å². The van der Waals surface area contributed by atoms with Crippen LogP contribution in [0.15, 0.2) is 22.7 Å². The van der Waals surface area contributed by atoms with Crippen LogP contribution in [0, 0.1) is 6.92 Å². The molecule has 5 nitrogen and oxygen atoms in total. The van der Waals surface area contributed by atoms with Crippen LogP contribution in [-0.2, 0) is 11.2 Å². The Labute approximate surface area is 134 Å². The monoisotopic (exact) mass is 319 g/mol. The van der Waals surface area contributed by atoms with Crippen molar-refractivity contribution in [3.8, 4) is 0 Å². The number of amides is 1. The van der Waals surface area contributed by atoms with Crippen molar-refractivity contribution < 1.29 is 9.32 Å². The second-order valence-electron chi connectivity index (χ2n) is 5.64. The molecule has 0 saturated carbocycles. The molecular formula is C16H18ClN3O2. The topological polar surface area (TPSA) is 59.2 Å². The van der Waals surface area contributed by atoms with Crippen LogP contribution >= 0.6 is 11.6 Å². The van der Waals surface area contributed by atoms with E-state index in [1.807, 2.05) is 25.1 Å². The molecule has 0 bridgehead atoms. The van der Waals surface area contributed by atoms with Crippen LogP contribution in [0.1, 0.15) is 43.0 Å². The maximum atomic E-state index is 12.3. The van der Waals surface area contributed by atoms with E-state index in [4.69, 9.17) is 16.1 Å². The van der Waals surface area contributed by atoms with E-state index in [-0.39, 0.29) is 11.8 Å². The molecule has 22 heavy (non-hydrogen) atoms. The van der Waals surface area contributed by atoms with Crippen LogP contribution in [0.4, 0.5) is 5.69 Å². The fourth-order valence-electron chi connectivity index (χ4n) is 2.63. The van der Waals surface area contributed by atoms with Crippen molar-refractivity contribution in [1.82, 2.24) is 10.1 Å². The summed E-state index contributed by atoms with van der Waals surface area (Å²) in [5.41, 5.74) is 1.81. The van der Waals surface area contributed by atoms with Gasteiger partial charge in [0.1, 0.15) is 0 Å². The molecule has 1 atom stereocenters. The van der Waals surface area contributed by atoms with Gasteiger partial charge in [-0.3, -0.25) is 4.79 Å². The van der Waals surface area contributed by atoms with Crippen LogP contribution in [-0.4, -0.2) is 22.6 Å². The van der Waals surface area contributed by atoms with Gasteiger partial charge >= 0.3 is 0 Å². The van der Waals surface area contributed by atoms with Crippen LogP contribution in [0.2, 0.25) is 5.02 Å². The summed E-state index contributed by atoms with van der Waals surface area (Å²) >= 11 is 6.15. The van der Waals surface area contributed by atoms with E-state index in [1.165, 1.54) is 0 Å². The number of nitrogens with zero attached hydrogens (tertiary/aromatic N) is 3. The molecule has 1 fully saturated rings. The Bertz CT molecular complexity index is 698. The Balaban J connectivity index is 1.78. The van der Waals surface area contributed by atoms with Gasteiger partial charge in [-0.15, -0.1) is 0 Å². The molecule has 6 heteroatoms. The highest BCUT2D eigenvalue weighted by Gasteiger charge is 2.35. The standard InChI is InChI=1S/C16H18ClN3O2/c1-3-4-14-18-16(22-19-14)11-7-15(21)20(9-11)12-6-5-10(2)13(17)8-12/h5-6,8,11H,3-4,7,9H2,1-2H3. The number of anilines is 1. The van der Waals surface area contributed by atoms with Crippen molar-refractivity contribution in [2.45, 2.75) is 39.0 Å². The zero-order valence-electron chi connectivity index (χ0n) is 12.7. The van der Waals surface area contributed by atoms with Crippen LogP contribution in [0.25, 0.3) is 0 Å². The van der Waals surface area contributed by atoms with Crippen molar-refractivity contribution in [2.75, 3.05) is 11.4 Å². The second-order valence-corrected chi connectivity index (χ2v) is 6.04. The van der Waals surface area contributed by atoms with E-state index in [0.29, 0.717) is 29.7 Å². The molecule has 2 heterocycles. The molecule has 1 aliphatic heterocycles. The van der Waals surface area contributed by atoms with E-state index in [1.54, 1.807) is 4.90 Å². The van der Waals surface area contributed by atoms with Gasteiger partial charge < -0.3 is 9.42 Å². The number of aromatic nitrogens is 2. The third-order valence-electron chi connectivity index (χ3n) is 3.90. The van der Waals surface area contributed by atoms with E-state index in [2.05, 4.69) is 17.1 Å². The summed E-state index contributed by atoms with van der Waals surface area (Å²) in [5.74, 6) is 1.27. The van der Waals surface area contributed by atoms with Crippen molar-refractivity contribution in [1.29, 1.82) is 0 Å². The van der Waals surface area contributed by atoms with Gasteiger partial charge in [-0.1, -0.05) is 29.7 Å². The first-order chi connectivity index (χ1) is 10.6. The molecular weight excluding hydrogens is 302 g/mol.